The molecule has 0 N–H and O–H groups in total. The van der Waals surface area contributed by atoms with Gasteiger partial charge in [0.1, 0.15) is 0 Å². The molecule has 2 bridgehead atoms. The zero-order chi connectivity index (χ0) is 18.3. The first-order chi connectivity index (χ1) is 12.5. The maximum absolute atomic E-state index is 2.65. The summed E-state index contributed by atoms with van der Waals surface area (Å²) < 4.78 is 0. The fraction of sp³-hybridized carbons (Fsp3) is 0.667. The molecule has 1 aromatic rings. The Kier molecular flexibility index (Phi) is 5.21. The Morgan fingerprint density at radius 1 is 1.08 bits per heavy atom. The van der Waals surface area contributed by atoms with Crippen molar-refractivity contribution >= 4 is 18.9 Å². The van der Waals surface area contributed by atoms with Crippen molar-refractivity contribution in [3.8, 4) is 0 Å². The number of hydrogen-bond donors (Lipinski definition) is 0. The van der Waals surface area contributed by atoms with Crippen LogP contribution in [0.15, 0.2) is 35.7 Å². The molecule has 3 aliphatic rings. The van der Waals surface area contributed by atoms with Gasteiger partial charge in [0.25, 0.3) is 0 Å². The van der Waals surface area contributed by atoms with Crippen LogP contribution in [0.2, 0.25) is 0 Å². The highest BCUT2D eigenvalue weighted by atomic mass is 31.1. The van der Waals surface area contributed by atoms with Crippen LogP contribution in [0.4, 0.5) is 5.69 Å². The predicted molar refractivity (Wildman–Crippen MR) is 117 cm³/mol. The summed E-state index contributed by atoms with van der Waals surface area (Å²) in [6, 6.07) is 9.35. The fourth-order valence-corrected chi connectivity index (χ4v) is 10.5. The van der Waals surface area contributed by atoms with Gasteiger partial charge in [-0.25, -0.2) is 0 Å². The third-order valence-electron chi connectivity index (χ3n) is 7.07. The summed E-state index contributed by atoms with van der Waals surface area (Å²) in [4.78, 5) is 2.35. The van der Waals surface area contributed by atoms with Gasteiger partial charge < -0.3 is 4.90 Å². The molecule has 1 aromatic carbocycles. The molecule has 0 aromatic heterocycles. The van der Waals surface area contributed by atoms with Crippen LogP contribution in [0, 0.1) is 17.8 Å². The standard InChI is InChI=1S/C24H36NP/c1-18-11-12-21(15-18)26(23-10-6-5-9-22(23)25(3)4)24-13-7-8-20(17-24)14-19(2)16-24/h5-6,9-10,12,18-20H,7-8,11,13-17H2,1-4H3. The molecule has 26 heavy (non-hydrogen) atoms. The summed E-state index contributed by atoms with van der Waals surface area (Å²) in [5.74, 6) is 2.74. The van der Waals surface area contributed by atoms with Gasteiger partial charge in [-0.2, -0.15) is 0 Å². The second-order valence-corrected chi connectivity index (χ2v) is 12.4. The number of anilines is 1. The molecular weight excluding hydrogens is 333 g/mol. The van der Waals surface area contributed by atoms with Crippen LogP contribution >= 0.6 is 7.92 Å². The Hall–Kier alpha value is -0.810. The number of rotatable bonds is 4. The van der Waals surface area contributed by atoms with Crippen molar-refractivity contribution in [2.24, 2.45) is 17.8 Å². The number of allylic oxidation sites excluding steroid dienone is 2. The molecule has 0 saturated heterocycles. The minimum absolute atomic E-state index is 0.222. The van der Waals surface area contributed by atoms with Crippen LogP contribution in [0.25, 0.3) is 0 Å². The van der Waals surface area contributed by atoms with Crippen LogP contribution < -0.4 is 10.2 Å². The van der Waals surface area contributed by atoms with Crippen LogP contribution in [-0.4, -0.2) is 19.3 Å². The molecule has 3 aliphatic carbocycles. The molecule has 2 saturated carbocycles. The van der Waals surface area contributed by atoms with E-state index >= 15 is 0 Å². The van der Waals surface area contributed by atoms with Gasteiger partial charge in [0.2, 0.25) is 0 Å². The van der Waals surface area contributed by atoms with E-state index in [1.807, 2.05) is 5.31 Å². The summed E-state index contributed by atoms with van der Waals surface area (Å²) >= 11 is 0. The SMILES string of the molecule is CC1CC=C(P(c2ccccc2N(C)C)C23CCCC(CC(C)C2)C3)C1. The Bertz CT molecular complexity index is 675. The average molecular weight is 370 g/mol. The van der Waals surface area contributed by atoms with Gasteiger partial charge in [0.05, 0.1) is 0 Å². The molecule has 2 heteroatoms. The van der Waals surface area contributed by atoms with Crippen molar-refractivity contribution < 1.29 is 0 Å². The van der Waals surface area contributed by atoms with Gasteiger partial charge in [-0.1, -0.05) is 51.0 Å². The fourth-order valence-electron chi connectivity index (χ4n) is 6.23. The Morgan fingerprint density at radius 2 is 1.88 bits per heavy atom. The normalized spacial score (nSPS) is 35.1. The average Bonchev–Trinajstić information content (AvgIpc) is 3.00. The molecule has 0 heterocycles. The monoisotopic (exact) mass is 369 g/mol. The van der Waals surface area contributed by atoms with E-state index in [1.54, 1.807) is 5.30 Å². The largest absolute Gasteiger partial charge is 0.377 e. The van der Waals surface area contributed by atoms with Crippen LogP contribution in [0.3, 0.4) is 0 Å². The molecule has 4 rings (SSSR count). The van der Waals surface area contributed by atoms with Crippen LogP contribution in [0.1, 0.15) is 65.2 Å². The minimum Gasteiger partial charge on any atom is -0.377 e. The third kappa shape index (κ3) is 3.37. The van der Waals surface area contributed by atoms with Gasteiger partial charge in [0.15, 0.2) is 0 Å². The first-order valence-corrected chi connectivity index (χ1v) is 12.1. The zero-order valence-electron chi connectivity index (χ0n) is 17.2. The van der Waals surface area contributed by atoms with Crippen molar-refractivity contribution in [1.29, 1.82) is 0 Å². The lowest BCUT2D eigenvalue weighted by Gasteiger charge is -2.53. The van der Waals surface area contributed by atoms with Crippen molar-refractivity contribution in [2.45, 2.75) is 70.4 Å². The topological polar surface area (TPSA) is 3.24 Å². The molecule has 0 aliphatic heterocycles. The summed E-state index contributed by atoms with van der Waals surface area (Å²) in [5.41, 5.74) is 1.47. The number of para-hydroxylation sites is 1. The summed E-state index contributed by atoms with van der Waals surface area (Å²) in [5, 5.41) is 4.07. The molecule has 5 atom stereocenters. The second-order valence-electron chi connectivity index (χ2n) is 9.69. The lowest BCUT2D eigenvalue weighted by atomic mass is 9.68. The van der Waals surface area contributed by atoms with E-state index < -0.39 is 0 Å². The second kappa shape index (κ2) is 7.31. The highest BCUT2D eigenvalue weighted by Gasteiger charge is 2.49. The van der Waals surface area contributed by atoms with Crippen molar-refractivity contribution in [1.82, 2.24) is 0 Å². The smallest absolute Gasteiger partial charge is 0.0442 e. The number of benzene rings is 1. The minimum atomic E-state index is -0.222. The predicted octanol–water partition coefficient (Wildman–Crippen LogP) is 6.53. The Labute approximate surface area is 162 Å². The van der Waals surface area contributed by atoms with Crippen molar-refractivity contribution in [3.05, 3.63) is 35.7 Å². The molecule has 0 spiro atoms. The van der Waals surface area contributed by atoms with E-state index in [0.717, 1.165) is 17.8 Å². The van der Waals surface area contributed by atoms with E-state index in [9.17, 15) is 0 Å². The number of fused-ring (bicyclic) bond motifs is 2. The van der Waals surface area contributed by atoms with Gasteiger partial charge >= 0.3 is 0 Å². The van der Waals surface area contributed by atoms with Crippen LogP contribution in [0.5, 0.6) is 0 Å². The Balaban J connectivity index is 1.82. The van der Waals surface area contributed by atoms with E-state index in [4.69, 9.17) is 0 Å². The molecular formula is C24H36NP. The lowest BCUT2D eigenvalue weighted by molar-refractivity contribution is 0.167. The van der Waals surface area contributed by atoms with Gasteiger partial charge in [-0.05, 0) is 80.7 Å². The first kappa shape index (κ1) is 18.5. The van der Waals surface area contributed by atoms with E-state index in [2.05, 4.69) is 63.2 Å². The maximum atomic E-state index is 2.65. The van der Waals surface area contributed by atoms with E-state index in [1.165, 1.54) is 57.1 Å². The van der Waals surface area contributed by atoms with Crippen molar-refractivity contribution in [3.63, 3.8) is 0 Å². The quantitative estimate of drug-likeness (QED) is 0.545. The maximum Gasteiger partial charge on any atom is 0.0442 e. The summed E-state index contributed by atoms with van der Waals surface area (Å²) in [6.07, 6.45) is 14.1. The molecule has 1 nitrogen and oxygen atoms in total. The summed E-state index contributed by atoms with van der Waals surface area (Å²) in [6.45, 7) is 4.98. The first-order valence-electron chi connectivity index (χ1n) is 10.7. The van der Waals surface area contributed by atoms with Crippen LogP contribution in [-0.2, 0) is 0 Å². The zero-order valence-corrected chi connectivity index (χ0v) is 18.1. The van der Waals surface area contributed by atoms with Gasteiger partial charge in [-0.3, -0.25) is 0 Å². The van der Waals surface area contributed by atoms with Gasteiger partial charge in [0, 0.05) is 25.1 Å². The molecule has 2 fully saturated rings. The molecule has 5 unspecified atom stereocenters. The molecule has 0 amide bonds. The van der Waals surface area contributed by atoms with Gasteiger partial charge in [-0.15, -0.1) is 0 Å². The third-order valence-corrected chi connectivity index (χ3v) is 10.4. The highest BCUT2D eigenvalue weighted by Crippen LogP contribution is 2.69. The molecule has 0 radical (unpaired) electrons. The highest BCUT2D eigenvalue weighted by molar-refractivity contribution is 7.71. The Morgan fingerprint density at radius 3 is 2.62 bits per heavy atom. The van der Waals surface area contributed by atoms with E-state index in [-0.39, 0.29) is 7.92 Å². The van der Waals surface area contributed by atoms with E-state index in [0.29, 0.717) is 5.16 Å². The number of nitrogens with zero attached hydrogens (tertiary/aromatic N) is 1. The summed E-state index contributed by atoms with van der Waals surface area (Å²) in [7, 11) is 4.23. The molecule has 142 valence electrons. The number of hydrogen-bond acceptors (Lipinski definition) is 1. The van der Waals surface area contributed by atoms with Crippen molar-refractivity contribution in [2.75, 3.05) is 19.0 Å². The lowest BCUT2D eigenvalue weighted by Crippen LogP contribution is -2.43.